The average Bonchev–Trinajstić information content (AvgIpc) is 2.55. The van der Waals surface area contributed by atoms with E-state index in [1.54, 1.807) is 0 Å². The Balaban J connectivity index is 2.49. The van der Waals surface area contributed by atoms with Crippen molar-refractivity contribution in [1.82, 2.24) is 9.88 Å². The molecule has 1 aromatic carbocycles. The molecule has 80 valence electrons. The highest BCUT2D eigenvalue weighted by Crippen LogP contribution is 2.23. The molecule has 0 bridgehead atoms. The van der Waals surface area contributed by atoms with Crippen LogP contribution in [0.3, 0.4) is 0 Å². The lowest BCUT2D eigenvalue weighted by Crippen LogP contribution is -2.14. The highest BCUT2D eigenvalue weighted by Gasteiger charge is 2.06. The lowest BCUT2D eigenvalue weighted by molar-refractivity contribution is 0.686. The van der Waals surface area contributed by atoms with Crippen molar-refractivity contribution in [2.75, 3.05) is 12.3 Å². The van der Waals surface area contributed by atoms with Gasteiger partial charge in [-0.1, -0.05) is 13.0 Å². The molecule has 1 aromatic heterocycles. The first-order valence-electron chi connectivity index (χ1n) is 5.27. The van der Waals surface area contributed by atoms with Gasteiger partial charge in [0, 0.05) is 30.4 Å². The maximum absolute atomic E-state index is 5.93. The maximum atomic E-state index is 5.93. The Hall–Kier alpha value is -1.48. The molecule has 0 amide bonds. The number of benzene rings is 1. The summed E-state index contributed by atoms with van der Waals surface area (Å²) < 4.78 is 2.19. The van der Waals surface area contributed by atoms with Gasteiger partial charge in [0.05, 0.1) is 5.52 Å². The van der Waals surface area contributed by atoms with Crippen molar-refractivity contribution < 1.29 is 0 Å². The van der Waals surface area contributed by atoms with Gasteiger partial charge in [0.2, 0.25) is 0 Å². The minimum atomic E-state index is 0.853. The van der Waals surface area contributed by atoms with Crippen LogP contribution in [0.4, 0.5) is 5.69 Å². The Morgan fingerprint density at radius 3 is 2.87 bits per heavy atom. The largest absolute Gasteiger partial charge is 0.398 e. The molecule has 15 heavy (non-hydrogen) atoms. The molecule has 0 aliphatic carbocycles. The van der Waals surface area contributed by atoms with Crippen LogP contribution in [-0.4, -0.2) is 11.1 Å². The van der Waals surface area contributed by atoms with E-state index in [4.69, 9.17) is 5.73 Å². The number of rotatable bonds is 3. The van der Waals surface area contributed by atoms with Gasteiger partial charge in [-0.3, -0.25) is 0 Å². The monoisotopic (exact) mass is 203 g/mol. The number of anilines is 1. The molecule has 0 spiro atoms. The van der Waals surface area contributed by atoms with E-state index in [2.05, 4.69) is 36.0 Å². The molecule has 2 aromatic rings. The van der Waals surface area contributed by atoms with Crippen molar-refractivity contribution in [2.45, 2.75) is 13.5 Å². The third-order valence-corrected chi connectivity index (χ3v) is 2.78. The molecule has 3 nitrogen and oxygen atoms in total. The third-order valence-electron chi connectivity index (χ3n) is 2.78. The van der Waals surface area contributed by atoms with E-state index in [1.807, 2.05) is 12.1 Å². The number of nitrogens with two attached hydrogens (primary N) is 1. The molecular formula is C12H17N3. The predicted octanol–water partition coefficient (Wildman–Crippen LogP) is 1.87. The summed E-state index contributed by atoms with van der Waals surface area (Å²) in [6, 6.07) is 8.20. The number of aromatic nitrogens is 1. The zero-order chi connectivity index (χ0) is 10.8. The zero-order valence-corrected chi connectivity index (χ0v) is 9.25. The summed E-state index contributed by atoms with van der Waals surface area (Å²) in [5.41, 5.74) is 9.25. The predicted molar refractivity (Wildman–Crippen MR) is 64.7 cm³/mol. The highest BCUT2D eigenvalue weighted by molar-refractivity contribution is 5.92. The van der Waals surface area contributed by atoms with E-state index in [9.17, 15) is 0 Å². The minimum absolute atomic E-state index is 0.853. The van der Waals surface area contributed by atoms with Crippen LogP contribution in [0, 0.1) is 0 Å². The summed E-state index contributed by atoms with van der Waals surface area (Å²) >= 11 is 0. The Morgan fingerprint density at radius 1 is 1.40 bits per heavy atom. The van der Waals surface area contributed by atoms with Crippen molar-refractivity contribution in [3.63, 3.8) is 0 Å². The van der Waals surface area contributed by atoms with Gasteiger partial charge in [0.15, 0.2) is 0 Å². The average molecular weight is 203 g/mol. The van der Waals surface area contributed by atoms with Gasteiger partial charge in [0.1, 0.15) is 0 Å². The van der Waals surface area contributed by atoms with Crippen LogP contribution in [0.5, 0.6) is 0 Å². The van der Waals surface area contributed by atoms with Crippen molar-refractivity contribution in [1.29, 1.82) is 0 Å². The number of hydrogen-bond acceptors (Lipinski definition) is 2. The molecular weight excluding hydrogens is 186 g/mol. The summed E-state index contributed by atoms with van der Waals surface area (Å²) in [6.07, 6.45) is 0. The van der Waals surface area contributed by atoms with E-state index < -0.39 is 0 Å². The number of nitrogen functional groups attached to an aromatic ring is 1. The van der Waals surface area contributed by atoms with Gasteiger partial charge < -0.3 is 15.6 Å². The number of fused-ring (bicyclic) bond motifs is 1. The fourth-order valence-corrected chi connectivity index (χ4v) is 1.86. The van der Waals surface area contributed by atoms with Crippen molar-refractivity contribution in [3.05, 3.63) is 30.0 Å². The molecule has 2 rings (SSSR count). The fraction of sp³-hybridized carbons (Fsp3) is 0.333. The molecule has 3 N–H and O–H groups in total. The quantitative estimate of drug-likeness (QED) is 0.748. The Labute approximate surface area is 89.9 Å². The first-order chi connectivity index (χ1) is 7.24. The van der Waals surface area contributed by atoms with Crippen LogP contribution in [0.2, 0.25) is 0 Å². The van der Waals surface area contributed by atoms with E-state index in [0.717, 1.165) is 24.2 Å². The second-order valence-corrected chi connectivity index (χ2v) is 3.76. The normalized spacial score (nSPS) is 11.1. The lowest BCUT2D eigenvalue weighted by atomic mass is 10.2. The Bertz CT molecular complexity index is 471. The summed E-state index contributed by atoms with van der Waals surface area (Å²) in [4.78, 5) is 0. The highest BCUT2D eigenvalue weighted by atomic mass is 15.0. The van der Waals surface area contributed by atoms with Crippen molar-refractivity contribution in [3.8, 4) is 0 Å². The number of nitrogens with one attached hydrogen (secondary N) is 1. The van der Waals surface area contributed by atoms with Crippen LogP contribution in [0.15, 0.2) is 24.3 Å². The lowest BCUT2D eigenvalue weighted by Gasteiger charge is -2.04. The van der Waals surface area contributed by atoms with Crippen molar-refractivity contribution in [2.24, 2.45) is 7.05 Å². The van der Waals surface area contributed by atoms with Crippen LogP contribution in [0.1, 0.15) is 12.6 Å². The molecule has 3 heteroatoms. The standard InChI is InChI=1S/C12H17N3/c1-3-14-8-9-7-10-11(13)5-4-6-12(10)15(9)2/h4-7,14H,3,8,13H2,1-2H3. The van der Waals surface area contributed by atoms with Crippen LogP contribution in [0.25, 0.3) is 10.9 Å². The molecule has 0 saturated heterocycles. The maximum Gasteiger partial charge on any atom is 0.0501 e. The molecule has 0 atom stereocenters. The zero-order valence-electron chi connectivity index (χ0n) is 9.25. The number of nitrogens with zero attached hydrogens (tertiary/aromatic N) is 1. The van der Waals surface area contributed by atoms with E-state index in [1.165, 1.54) is 11.2 Å². The van der Waals surface area contributed by atoms with Crippen LogP contribution in [-0.2, 0) is 13.6 Å². The molecule has 0 fully saturated rings. The summed E-state index contributed by atoms with van der Waals surface area (Å²) in [5, 5.41) is 4.47. The second kappa shape index (κ2) is 3.95. The van der Waals surface area contributed by atoms with E-state index in [0.29, 0.717) is 0 Å². The Morgan fingerprint density at radius 2 is 2.20 bits per heavy atom. The first-order valence-corrected chi connectivity index (χ1v) is 5.27. The number of aryl methyl sites for hydroxylation is 1. The molecule has 0 aliphatic rings. The van der Waals surface area contributed by atoms with E-state index >= 15 is 0 Å². The first kappa shape index (κ1) is 10.1. The SMILES string of the molecule is CCNCc1cc2c(N)cccc2n1C. The Kier molecular flexibility index (Phi) is 2.64. The van der Waals surface area contributed by atoms with Crippen molar-refractivity contribution >= 4 is 16.6 Å². The van der Waals surface area contributed by atoms with Gasteiger partial charge in [0.25, 0.3) is 0 Å². The second-order valence-electron chi connectivity index (χ2n) is 3.76. The molecule has 0 unspecified atom stereocenters. The van der Waals surface area contributed by atoms with Gasteiger partial charge in [-0.05, 0) is 24.7 Å². The van der Waals surface area contributed by atoms with Gasteiger partial charge in [-0.25, -0.2) is 0 Å². The summed E-state index contributed by atoms with van der Waals surface area (Å²) in [6.45, 7) is 3.98. The number of hydrogen-bond donors (Lipinski definition) is 2. The smallest absolute Gasteiger partial charge is 0.0501 e. The van der Waals surface area contributed by atoms with Gasteiger partial charge in [-0.15, -0.1) is 0 Å². The van der Waals surface area contributed by atoms with Gasteiger partial charge in [-0.2, -0.15) is 0 Å². The van der Waals surface area contributed by atoms with Crippen LogP contribution < -0.4 is 11.1 Å². The summed E-state index contributed by atoms with van der Waals surface area (Å²) in [5.74, 6) is 0. The topological polar surface area (TPSA) is 43.0 Å². The summed E-state index contributed by atoms with van der Waals surface area (Å²) in [7, 11) is 2.08. The minimum Gasteiger partial charge on any atom is -0.398 e. The molecule has 0 radical (unpaired) electrons. The third kappa shape index (κ3) is 1.70. The molecule has 1 heterocycles. The van der Waals surface area contributed by atoms with Crippen LogP contribution >= 0.6 is 0 Å². The molecule has 0 aliphatic heterocycles. The van der Waals surface area contributed by atoms with Gasteiger partial charge >= 0.3 is 0 Å². The van der Waals surface area contributed by atoms with E-state index in [-0.39, 0.29) is 0 Å². The molecule has 0 saturated carbocycles. The fourth-order valence-electron chi connectivity index (χ4n) is 1.86.